The third kappa shape index (κ3) is 3.73. The summed E-state index contributed by atoms with van der Waals surface area (Å²) in [5.74, 6) is 0. The maximum Gasteiger partial charge on any atom is 0.261 e. The third-order valence-corrected chi connectivity index (χ3v) is 6.41. The third-order valence-electron chi connectivity index (χ3n) is 3.18. The maximum absolute atomic E-state index is 12.3. The van der Waals surface area contributed by atoms with E-state index in [1.165, 1.54) is 62.6 Å². The molecule has 7 nitrogen and oxygen atoms in total. The Morgan fingerprint density at radius 2 is 1.38 bits per heavy atom. The Morgan fingerprint density at radius 3 is 1.83 bits per heavy atom. The Balaban J connectivity index is 2.26. The average Bonchev–Trinajstić information content (AvgIpc) is 2.55. The second kappa shape index (κ2) is 6.60. The molecule has 2 aromatic carbocycles. The Morgan fingerprint density at radius 1 is 0.875 bits per heavy atom. The van der Waals surface area contributed by atoms with Gasteiger partial charge in [-0.05, 0) is 48.5 Å². The van der Waals surface area contributed by atoms with Gasteiger partial charge in [-0.1, -0.05) is 0 Å². The van der Waals surface area contributed by atoms with Crippen LogP contribution in [0.1, 0.15) is 5.56 Å². The number of hydrogen-bond acceptors (Lipinski definition) is 5. The maximum atomic E-state index is 12.3. The summed E-state index contributed by atoms with van der Waals surface area (Å²) in [5.41, 5.74) is 0.587. The van der Waals surface area contributed by atoms with E-state index in [0.29, 0.717) is 5.56 Å². The molecule has 24 heavy (non-hydrogen) atoms. The summed E-state index contributed by atoms with van der Waals surface area (Å²) in [6.07, 6.45) is 0. The van der Waals surface area contributed by atoms with Crippen molar-refractivity contribution in [1.82, 2.24) is 4.31 Å². The van der Waals surface area contributed by atoms with E-state index in [9.17, 15) is 16.8 Å². The smallest absolute Gasteiger partial charge is 0.261 e. The fourth-order valence-electron chi connectivity index (χ4n) is 1.83. The fourth-order valence-corrected chi connectivity index (χ4v) is 3.79. The molecule has 0 saturated carbocycles. The normalized spacial score (nSPS) is 11.9. The molecule has 0 amide bonds. The molecular weight excluding hydrogens is 350 g/mol. The first-order chi connectivity index (χ1) is 11.2. The van der Waals surface area contributed by atoms with Gasteiger partial charge in [-0.2, -0.15) is 5.26 Å². The molecule has 0 aliphatic heterocycles. The van der Waals surface area contributed by atoms with Crippen molar-refractivity contribution in [2.24, 2.45) is 0 Å². The molecule has 0 fully saturated rings. The standard InChI is InChI=1S/C15H15N3O4S2/c1-18(2)24(21,22)15-9-5-13(6-10-15)17-23(19,20)14-7-3-12(11-16)4-8-14/h3-10,17H,1-2H3. The molecule has 0 unspecified atom stereocenters. The molecule has 0 heterocycles. The van der Waals surface area contributed by atoms with Crippen molar-refractivity contribution in [3.05, 3.63) is 54.1 Å². The highest BCUT2D eigenvalue weighted by Crippen LogP contribution is 2.20. The van der Waals surface area contributed by atoms with Crippen LogP contribution in [0.3, 0.4) is 0 Å². The SMILES string of the molecule is CN(C)S(=O)(=O)c1ccc(NS(=O)(=O)c2ccc(C#N)cc2)cc1. The minimum atomic E-state index is -3.82. The molecule has 9 heteroatoms. The molecule has 2 rings (SSSR count). The number of benzene rings is 2. The van der Waals surface area contributed by atoms with Crippen molar-refractivity contribution in [2.45, 2.75) is 9.79 Å². The molecule has 0 saturated heterocycles. The summed E-state index contributed by atoms with van der Waals surface area (Å²) in [4.78, 5) is 0.0697. The number of anilines is 1. The predicted octanol–water partition coefficient (Wildman–Crippen LogP) is 1.61. The van der Waals surface area contributed by atoms with Crippen LogP contribution in [-0.2, 0) is 20.0 Å². The van der Waals surface area contributed by atoms with Crippen LogP contribution in [-0.4, -0.2) is 35.2 Å². The quantitative estimate of drug-likeness (QED) is 0.866. The van der Waals surface area contributed by atoms with Crippen molar-refractivity contribution >= 4 is 25.7 Å². The van der Waals surface area contributed by atoms with Gasteiger partial charge in [0.1, 0.15) is 0 Å². The lowest BCUT2D eigenvalue weighted by molar-refractivity contribution is 0.521. The van der Waals surface area contributed by atoms with Gasteiger partial charge in [-0.15, -0.1) is 0 Å². The molecule has 0 aliphatic rings. The minimum Gasteiger partial charge on any atom is -0.280 e. The summed E-state index contributed by atoms with van der Waals surface area (Å²) < 4.78 is 51.9. The van der Waals surface area contributed by atoms with Crippen molar-refractivity contribution < 1.29 is 16.8 Å². The van der Waals surface area contributed by atoms with Crippen LogP contribution in [0.15, 0.2) is 58.3 Å². The minimum absolute atomic E-state index is 0.00601. The van der Waals surface area contributed by atoms with Gasteiger partial charge in [0, 0.05) is 19.8 Å². The molecular formula is C15H15N3O4S2. The van der Waals surface area contributed by atoms with Crippen LogP contribution in [0.2, 0.25) is 0 Å². The van der Waals surface area contributed by atoms with E-state index in [4.69, 9.17) is 5.26 Å². The number of sulfonamides is 2. The predicted molar refractivity (Wildman–Crippen MR) is 89.3 cm³/mol. The first-order valence-electron chi connectivity index (χ1n) is 6.72. The van der Waals surface area contributed by atoms with Crippen LogP contribution in [0.25, 0.3) is 0 Å². The molecule has 126 valence electrons. The summed E-state index contributed by atoms with van der Waals surface area (Å²) in [5, 5.41) is 8.73. The fraction of sp³-hybridized carbons (Fsp3) is 0.133. The highest BCUT2D eigenvalue weighted by molar-refractivity contribution is 7.92. The van der Waals surface area contributed by atoms with E-state index in [2.05, 4.69) is 4.72 Å². The van der Waals surface area contributed by atoms with Gasteiger partial charge in [-0.3, -0.25) is 4.72 Å². The van der Waals surface area contributed by atoms with Crippen molar-refractivity contribution in [3.8, 4) is 6.07 Å². The molecule has 0 bridgehead atoms. The van der Waals surface area contributed by atoms with Gasteiger partial charge in [0.05, 0.1) is 21.4 Å². The Labute approximate surface area is 141 Å². The monoisotopic (exact) mass is 365 g/mol. The zero-order chi connectivity index (χ0) is 18.0. The van der Waals surface area contributed by atoms with Gasteiger partial charge in [0.15, 0.2) is 0 Å². The number of nitriles is 1. The summed E-state index contributed by atoms with van der Waals surface area (Å²) in [7, 11) is -4.57. The molecule has 0 radical (unpaired) electrons. The van der Waals surface area contributed by atoms with Gasteiger partial charge in [0.2, 0.25) is 10.0 Å². The highest BCUT2D eigenvalue weighted by atomic mass is 32.2. The van der Waals surface area contributed by atoms with Crippen LogP contribution in [0.5, 0.6) is 0 Å². The molecule has 0 spiro atoms. The van der Waals surface area contributed by atoms with E-state index in [1.54, 1.807) is 0 Å². The zero-order valence-corrected chi connectivity index (χ0v) is 14.6. The van der Waals surface area contributed by atoms with E-state index >= 15 is 0 Å². The Bertz CT molecular complexity index is 973. The zero-order valence-electron chi connectivity index (χ0n) is 13.0. The van der Waals surface area contributed by atoms with Gasteiger partial charge in [0.25, 0.3) is 10.0 Å². The van der Waals surface area contributed by atoms with E-state index < -0.39 is 20.0 Å². The van der Waals surface area contributed by atoms with E-state index in [-0.39, 0.29) is 15.5 Å². The van der Waals surface area contributed by atoms with Crippen LogP contribution in [0, 0.1) is 11.3 Å². The second-order valence-electron chi connectivity index (χ2n) is 5.05. The average molecular weight is 365 g/mol. The molecule has 0 aliphatic carbocycles. The molecule has 0 atom stereocenters. The summed E-state index contributed by atoms with van der Waals surface area (Å²) in [6.45, 7) is 0. The van der Waals surface area contributed by atoms with Gasteiger partial charge < -0.3 is 0 Å². The number of nitrogens with one attached hydrogen (secondary N) is 1. The number of hydrogen-bond donors (Lipinski definition) is 1. The topological polar surface area (TPSA) is 107 Å². The second-order valence-corrected chi connectivity index (χ2v) is 8.89. The first kappa shape index (κ1) is 17.9. The van der Waals surface area contributed by atoms with Gasteiger partial charge >= 0.3 is 0 Å². The number of nitrogens with zero attached hydrogens (tertiary/aromatic N) is 2. The summed E-state index contributed by atoms with van der Waals surface area (Å²) >= 11 is 0. The van der Waals surface area contributed by atoms with Crippen molar-refractivity contribution in [2.75, 3.05) is 18.8 Å². The van der Waals surface area contributed by atoms with Crippen molar-refractivity contribution in [1.29, 1.82) is 5.26 Å². The molecule has 2 aromatic rings. The lowest BCUT2D eigenvalue weighted by atomic mass is 10.2. The van der Waals surface area contributed by atoms with E-state index in [0.717, 1.165) is 4.31 Å². The Hall–Kier alpha value is -2.41. The summed E-state index contributed by atoms with van der Waals surface area (Å²) in [6, 6.07) is 12.8. The molecule has 0 aromatic heterocycles. The molecule has 1 N–H and O–H groups in total. The first-order valence-corrected chi connectivity index (χ1v) is 9.65. The lowest BCUT2D eigenvalue weighted by Gasteiger charge is -2.12. The van der Waals surface area contributed by atoms with Crippen LogP contribution >= 0.6 is 0 Å². The number of rotatable bonds is 5. The lowest BCUT2D eigenvalue weighted by Crippen LogP contribution is -2.22. The van der Waals surface area contributed by atoms with Crippen LogP contribution in [0.4, 0.5) is 5.69 Å². The van der Waals surface area contributed by atoms with Crippen molar-refractivity contribution in [3.63, 3.8) is 0 Å². The highest BCUT2D eigenvalue weighted by Gasteiger charge is 2.18. The largest absolute Gasteiger partial charge is 0.280 e. The Kier molecular flexibility index (Phi) is 4.94. The van der Waals surface area contributed by atoms with Crippen LogP contribution < -0.4 is 4.72 Å². The van der Waals surface area contributed by atoms with E-state index in [1.807, 2.05) is 6.07 Å². The van der Waals surface area contributed by atoms with Gasteiger partial charge in [-0.25, -0.2) is 21.1 Å².